The van der Waals surface area contributed by atoms with E-state index < -0.39 is 12.2 Å². The molecule has 0 aromatic carbocycles. The minimum atomic E-state index is -0.590. The van der Waals surface area contributed by atoms with Crippen LogP contribution in [-0.2, 0) is 4.74 Å². The van der Waals surface area contributed by atoms with Crippen molar-refractivity contribution in [3.63, 3.8) is 0 Å². The summed E-state index contributed by atoms with van der Waals surface area (Å²) in [5.41, 5.74) is 0.407. The van der Waals surface area contributed by atoms with Crippen molar-refractivity contribution in [3.05, 3.63) is 12.4 Å². The number of amides is 1. The Kier molecular flexibility index (Phi) is 5.31. The van der Waals surface area contributed by atoms with Crippen molar-refractivity contribution in [2.45, 2.75) is 33.0 Å². The molecule has 0 unspecified atom stereocenters. The van der Waals surface area contributed by atoms with E-state index in [9.17, 15) is 4.79 Å². The van der Waals surface area contributed by atoms with Gasteiger partial charge in [-0.1, -0.05) is 0 Å². The number of aromatic nitrogens is 2. The number of hydrogen-bond acceptors (Lipinski definition) is 6. The van der Waals surface area contributed by atoms with E-state index in [1.54, 1.807) is 20.8 Å². The predicted molar refractivity (Wildman–Crippen MR) is 64.4 cm³/mol. The summed E-state index contributed by atoms with van der Waals surface area (Å²) in [5.74, 6) is 0. The lowest BCUT2D eigenvalue weighted by Gasteiger charge is -2.09. The van der Waals surface area contributed by atoms with Gasteiger partial charge in [-0.25, -0.2) is 14.8 Å². The highest BCUT2D eigenvalue weighted by Crippen LogP contribution is 2.08. The molecule has 0 aliphatic rings. The fraction of sp³-hybridized carbons (Fsp3) is 0.545. The second kappa shape index (κ2) is 6.75. The Balaban J connectivity index is 2.47. The zero-order valence-corrected chi connectivity index (χ0v) is 10.6. The van der Waals surface area contributed by atoms with Crippen LogP contribution in [0, 0.1) is 0 Å². The van der Waals surface area contributed by atoms with Crippen LogP contribution in [0.5, 0.6) is 6.01 Å². The molecular weight excluding hydrogens is 238 g/mol. The number of aliphatic hydroxyl groups is 1. The molecule has 0 aliphatic heterocycles. The lowest BCUT2D eigenvalue weighted by molar-refractivity contribution is 0.116. The summed E-state index contributed by atoms with van der Waals surface area (Å²) in [5, 5.41) is 11.5. The van der Waals surface area contributed by atoms with E-state index in [2.05, 4.69) is 15.3 Å². The molecule has 0 spiro atoms. The molecule has 0 fully saturated rings. The Labute approximate surface area is 105 Å². The highest BCUT2D eigenvalue weighted by Gasteiger charge is 2.07. The molecule has 0 saturated carbocycles. The van der Waals surface area contributed by atoms with Crippen molar-refractivity contribution in [2.24, 2.45) is 0 Å². The number of carbonyl (C=O) groups excluding carboxylic acids is 1. The second-order valence-electron chi connectivity index (χ2n) is 3.99. The molecule has 0 radical (unpaired) electrons. The van der Waals surface area contributed by atoms with Crippen molar-refractivity contribution < 1.29 is 19.4 Å². The number of nitrogens with one attached hydrogen (secondary N) is 1. The van der Waals surface area contributed by atoms with Crippen LogP contribution in [0.25, 0.3) is 0 Å². The monoisotopic (exact) mass is 255 g/mol. The van der Waals surface area contributed by atoms with Gasteiger partial charge in [0.25, 0.3) is 0 Å². The molecular formula is C11H17N3O4. The number of carbonyl (C=O) groups is 1. The van der Waals surface area contributed by atoms with E-state index in [-0.39, 0.29) is 18.7 Å². The van der Waals surface area contributed by atoms with Crippen molar-refractivity contribution in [2.75, 3.05) is 11.9 Å². The van der Waals surface area contributed by atoms with Crippen LogP contribution < -0.4 is 10.1 Å². The highest BCUT2D eigenvalue weighted by atomic mass is 16.6. The van der Waals surface area contributed by atoms with E-state index in [1.807, 2.05) is 0 Å². The molecule has 1 atom stereocenters. The highest BCUT2D eigenvalue weighted by molar-refractivity contribution is 5.84. The van der Waals surface area contributed by atoms with Crippen LogP contribution >= 0.6 is 0 Å². The molecule has 1 heterocycles. The van der Waals surface area contributed by atoms with Gasteiger partial charge in [0.2, 0.25) is 0 Å². The topological polar surface area (TPSA) is 93.6 Å². The summed E-state index contributed by atoms with van der Waals surface area (Å²) in [4.78, 5) is 19.0. The number of nitrogens with zero attached hydrogens (tertiary/aromatic N) is 2. The molecule has 7 heteroatoms. The number of aliphatic hydroxyl groups excluding tert-OH is 1. The third-order valence-corrected chi connectivity index (χ3v) is 1.67. The molecule has 2 N–H and O–H groups in total. The van der Waals surface area contributed by atoms with Gasteiger partial charge >= 0.3 is 12.1 Å². The van der Waals surface area contributed by atoms with E-state index >= 15 is 0 Å². The number of hydrogen-bond donors (Lipinski definition) is 2. The van der Waals surface area contributed by atoms with E-state index in [1.165, 1.54) is 12.4 Å². The standard InChI is InChI=1S/C11H17N3O4/c1-7(2)18-11(16)14-9-4-12-10(13-5-9)17-6-8(3)15/h4-5,7-8,15H,6H2,1-3H3,(H,14,16)/t8-/m1/s1. The van der Waals surface area contributed by atoms with Gasteiger partial charge in [0.1, 0.15) is 6.61 Å². The normalized spacial score (nSPS) is 12.1. The number of ether oxygens (including phenoxy) is 2. The zero-order valence-electron chi connectivity index (χ0n) is 10.6. The van der Waals surface area contributed by atoms with Gasteiger partial charge in [-0.15, -0.1) is 0 Å². The van der Waals surface area contributed by atoms with Crippen LogP contribution in [0.3, 0.4) is 0 Å². The number of anilines is 1. The fourth-order valence-electron chi connectivity index (χ4n) is 1.01. The molecule has 1 rings (SSSR count). The quantitative estimate of drug-likeness (QED) is 0.821. The molecule has 0 saturated heterocycles. The predicted octanol–water partition coefficient (Wildman–Crippen LogP) is 1.19. The zero-order chi connectivity index (χ0) is 13.5. The Bertz CT molecular complexity index is 378. The SMILES string of the molecule is CC(C)OC(=O)Nc1cnc(OC[C@@H](C)O)nc1. The summed E-state index contributed by atoms with van der Waals surface area (Å²) in [6.07, 6.45) is 1.44. The van der Waals surface area contributed by atoms with E-state index in [4.69, 9.17) is 14.6 Å². The minimum absolute atomic E-state index is 0.113. The summed E-state index contributed by atoms with van der Waals surface area (Å²) in [6, 6.07) is 0.138. The molecule has 18 heavy (non-hydrogen) atoms. The van der Waals surface area contributed by atoms with Crippen molar-refractivity contribution >= 4 is 11.8 Å². The first-order valence-corrected chi connectivity index (χ1v) is 5.58. The summed E-state index contributed by atoms with van der Waals surface area (Å²) < 4.78 is 9.97. The molecule has 0 bridgehead atoms. The molecule has 7 nitrogen and oxygen atoms in total. The van der Waals surface area contributed by atoms with E-state index in [0.717, 1.165) is 0 Å². The maximum absolute atomic E-state index is 11.3. The summed E-state index contributed by atoms with van der Waals surface area (Å²) in [6.45, 7) is 5.21. The van der Waals surface area contributed by atoms with Crippen LogP contribution in [-0.4, -0.2) is 40.0 Å². The molecule has 1 aromatic rings. The Hall–Kier alpha value is -1.89. The Morgan fingerprint density at radius 1 is 1.39 bits per heavy atom. The second-order valence-corrected chi connectivity index (χ2v) is 3.99. The first-order valence-electron chi connectivity index (χ1n) is 5.58. The third-order valence-electron chi connectivity index (χ3n) is 1.67. The maximum atomic E-state index is 11.3. The van der Waals surface area contributed by atoms with Crippen LogP contribution in [0.1, 0.15) is 20.8 Å². The minimum Gasteiger partial charge on any atom is -0.461 e. The Morgan fingerprint density at radius 3 is 2.50 bits per heavy atom. The van der Waals surface area contributed by atoms with Gasteiger partial charge in [-0.3, -0.25) is 5.32 Å². The van der Waals surface area contributed by atoms with Gasteiger partial charge in [0.15, 0.2) is 0 Å². The first kappa shape index (κ1) is 14.2. The van der Waals surface area contributed by atoms with Gasteiger partial charge in [0.05, 0.1) is 30.3 Å². The van der Waals surface area contributed by atoms with Crippen molar-refractivity contribution in [3.8, 4) is 6.01 Å². The van der Waals surface area contributed by atoms with Crippen LogP contribution in [0.15, 0.2) is 12.4 Å². The van der Waals surface area contributed by atoms with Crippen LogP contribution in [0.4, 0.5) is 10.5 Å². The average Bonchev–Trinajstić information content (AvgIpc) is 2.26. The molecule has 1 aromatic heterocycles. The maximum Gasteiger partial charge on any atom is 0.411 e. The first-order chi connectivity index (χ1) is 8.47. The smallest absolute Gasteiger partial charge is 0.411 e. The van der Waals surface area contributed by atoms with Gasteiger partial charge in [-0.2, -0.15) is 0 Å². The number of rotatable bonds is 5. The summed E-state index contributed by atoms with van der Waals surface area (Å²) in [7, 11) is 0. The molecule has 0 aliphatic carbocycles. The van der Waals surface area contributed by atoms with Crippen molar-refractivity contribution in [1.82, 2.24) is 9.97 Å². The largest absolute Gasteiger partial charge is 0.461 e. The van der Waals surface area contributed by atoms with E-state index in [0.29, 0.717) is 5.69 Å². The Morgan fingerprint density at radius 2 is 2.00 bits per heavy atom. The third kappa shape index (κ3) is 5.44. The van der Waals surface area contributed by atoms with Gasteiger partial charge in [0, 0.05) is 0 Å². The molecule has 100 valence electrons. The van der Waals surface area contributed by atoms with Crippen LogP contribution in [0.2, 0.25) is 0 Å². The lowest BCUT2D eigenvalue weighted by Crippen LogP contribution is -2.18. The van der Waals surface area contributed by atoms with Gasteiger partial charge < -0.3 is 14.6 Å². The van der Waals surface area contributed by atoms with Crippen molar-refractivity contribution in [1.29, 1.82) is 0 Å². The summed E-state index contributed by atoms with van der Waals surface area (Å²) >= 11 is 0. The van der Waals surface area contributed by atoms with Gasteiger partial charge in [-0.05, 0) is 20.8 Å². The lowest BCUT2D eigenvalue weighted by atomic mass is 10.4. The molecule has 1 amide bonds. The fourth-order valence-corrected chi connectivity index (χ4v) is 1.01. The average molecular weight is 255 g/mol.